The number of anilines is 2. The maximum atomic E-state index is 14.2. The summed E-state index contributed by atoms with van der Waals surface area (Å²) >= 11 is 0. The van der Waals surface area contributed by atoms with Gasteiger partial charge in [-0.15, -0.1) is 0 Å². The van der Waals surface area contributed by atoms with E-state index in [1.807, 2.05) is 42.5 Å². The van der Waals surface area contributed by atoms with Gasteiger partial charge in [-0.2, -0.15) is 5.26 Å². The van der Waals surface area contributed by atoms with Crippen molar-refractivity contribution in [3.8, 4) is 17.4 Å². The van der Waals surface area contributed by atoms with Crippen molar-refractivity contribution in [2.45, 2.75) is 51.0 Å². The number of halogens is 1. The minimum absolute atomic E-state index is 0.107. The quantitative estimate of drug-likeness (QED) is 0.449. The van der Waals surface area contributed by atoms with Crippen LogP contribution >= 0.6 is 0 Å². The van der Waals surface area contributed by atoms with Crippen LogP contribution in [0.1, 0.15) is 50.5 Å². The lowest BCUT2D eigenvalue weighted by Gasteiger charge is -2.39. The van der Waals surface area contributed by atoms with Crippen molar-refractivity contribution in [1.29, 1.82) is 5.26 Å². The first kappa shape index (κ1) is 22.5. The van der Waals surface area contributed by atoms with E-state index in [9.17, 15) is 4.39 Å². The number of hydrogen-bond donors (Lipinski definition) is 1. The molecule has 1 saturated carbocycles. The van der Waals surface area contributed by atoms with Crippen LogP contribution in [-0.2, 0) is 0 Å². The average molecular weight is 459 g/mol. The third kappa shape index (κ3) is 5.09. The maximum Gasteiger partial charge on any atom is 0.295 e. The molecular weight excluding hydrogens is 427 g/mol. The highest BCUT2D eigenvalue weighted by Gasteiger charge is 2.31. The summed E-state index contributed by atoms with van der Waals surface area (Å²) in [6.45, 7) is 1.87. The first-order valence-corrected chi connectivity index (χ1v) is 12.4. The second-order valence-electron chi connectivity index (χ2n) is 9.66. The van der Waals surface area contributed by atoms with E-state index in [0.717, 1.165) is 49.4 Å². The van der Waals surface area contributed by atoms with Crippen LogP contribution in [0.4, 0.5) is 16.1 Å². The van der Waals surface area contributed by atoms with E-state index in [1.54, 1.807) is 12.3 Å². The lowest BCUT2D eigenvalue weighted by Crippen LogP contribution is -2.39. The standard InChI is InChI=1S/C28H31FN4O/c29-25-16-24(13-12-23(25)17-30)33-14-6-7-20(19-33)15-22-10-4-5-11-26(22)32-28-31-18-27(34-28)21-8-2-1-3-9-21/h1-3,8-9,12-13,16,18,20,22,26H,4-7,10-11,14-15,19H2,(H,31,32)/t20-,22+,26-/m1/s1. The lowest BCUT2D eigenvalue weighted by atomic mass is 9.77. The van der Waals surface area contributed by atoms with Crippen molar-refractivity contribution in [2.24, 2.45) is 11.8 Å². The Bertz CT molecular complexity index is 1140. The van der Waals surface area contributed by atoms with Crippen LogP contribution in [0.15, 0.2) is 59.1 Å². The number of nitrogens with zero attached hydrogens (tertiary/aromatic N) is 3. The molecule has 5 rings (SSSR count). The highest BCUT2D eigenvalue weighted by molar-refractivity contribution is 5.57. The Kier molecular flexibility index (Phi) is 6.80. The number of rotatable bonds is 6. The molecular formula is C28H31FN4O. The molecule has 3 aromatic rings. The number of piperidine rings is 1. The van der Waals surface area contributed by atoms with Crippen molar-refractivity contribution >= 4 is 11.7 Å². The summed E-state index contributed by atoms with van der Waals surface area (Å²) in [6.07, 6.45) is 10.1. The number of oxazole rings is 1. The molecule has 3 atom stereocenters. The zero-order chi connectivity index (χ0) is 23.3. The molecule has 1 saturated heterocycles. The van der Waals surface area contributed by atoms with Gasteiger partial charge < -0.3 is 14.6 Å². The van der Waals surface area contributed by atoms with Gasteiger partial charge in [-0.3, -0.25) is 0 Å². The molecule has 176 valence electrons. The molecule has 0 radical (unpaired) electrons. The number of aromatic nitrogens is 1. The van der Waals surface area contributed by atoms with Crippen LogP contribution in [0.5, 0.6) is 0 Å². The summed E-state index contributed by atoms with van der Waals surface area (Å²) < 4.78 is 20.2. The molecule has 2 fully saturated rings. The molecule has 5 nitrogen and oxygen atoms in total. The Hall–Kier alpha value is -3.33. The van der Waals surface area contributed by atoms with Crippen LogP contribution in [-0.4, -0.2) is 24.1 Å². The molecule has 2 aromatic carbocycles. The van der Waals surface area contributed by atoms with Crippen molar-refractivity contribution in [3.05, 3.63) is 66.1 Å². The Balaban J connectivity index is 1.23. The molecule has 6 heteroatoms. The molecule has 1 N–H and O–H groups in total. The van der Waals surface area contributed by atoms with E-state index in [1.165, 1.54) is 31.7 Å². The third-order valence-corrected chi connectivity index (χ3v) is 7.38. The first-order valence-electron chi connectivity index (χ1n) is 12.4. The van der Waals surface area contributed by atoms with E-state index < -0.39 is 5.82 Å². The minimum atomic E-state index is -0.431. The summed E-state index contributed by atoms with van der Waals surface area (Å²) in [7, 11) is 0. The van der Waals surface area contributed by atoms with Crippen LogP contribution in [0.3, 0.4) is 0 Å². The second-order valence-corrected chi connectivity index (χ2v) is 9.66. The predicted octanol–water partition coefficient (Wildman–Crippen LogP) is 6.63. The topological polar surface area (TPSA) is 65.1 Å². The zero-order valence-electron chi connectivity index (χ0n) is 19.4. The summed E-state index contributed by atoms with van der Waals surface area (Å²) in [5.41, 5.74) is 2.02. The van der Waals surface area contributed by atoms with Gasteiger partial charge in [-0.1, -0.05) is 43.2 Å². The highest BCUT2D eigenvalue weighted by atomic mass is 19.1. The number of nitriles is 1. The summed E-state index contributed by atoms with van der Waals surface area (Å²) in [5.74, 6) is 1.50. The summed E-state index contributed by atoms with van der Waals surface area (Å²) in [5, 5.41) is 12.6. The van der Waals surface area contributed by atoms with Crippen LogP contribution in [0.2, 0.25) is 0 Å². The van der Waals surface area contributed by atoms with E-state index in [2.05, 4.69) is 15.2 Å². The molecule has 0 unspecified atom stereocenters. The van der Waals surface area contributed by atoms with Crippen LogP contribution in [0, 0.1) is 29.0 Å². The van der Waals surface area contributed by atoms with Gasteiger partial charge in [0.2, 0.25) is 0 Å². The lowest BCUT2D eigenvalue weighted by molar-refractivity contribution is 0.245. The Morgan fingerprint density at radius 1 is 1.09 bits per heavy atom. The fourth-order valence-corrected chi connectivity index (χ4v) is 5.63. The van der Waals surface area contributed by atoms with Gasteiger partial charge in [-0.05, 0) is 62.1 Å². The van der Waals surface area contributed by atoms with Gasteiger partial charge in [0.15, 0.2) is 5.76 Å². The SMILES string of the molecule is N#Cc1ccc(N2CCC[C@H](C[C@@H]3CCCC[C@H]3Nc3ncc(-c4ccccc4)o3)C2)cc1F. The molecule has 0 amide bonds. The average Bonchev–Trinajstić information content (AvgIpc) is 3.34. The van der Waals surface area contributed by atoms with Crippen molar-refractivity contribution in [1.82, 2.24) is 4.98 Å². The normalized spacial score (nSPS) is 22.8. The molecule has 34 heavy (non-hydrogen) atoms. The smallest absolute Gasteiger partial charge is 0.295 e. The van der Waals surface area contributed by atoms with E-state index >= 15 is 0 Å². The molecule has 1 aromatic heterocycles. The maximum absolute atomic E-state index is 14.2. The molecule has 1 aliphatic heterocycles. The fraction of sp³-hybridized carbons (Fsp3) is 0.429. The predicted molar refractivity (Wildman–Crippen MR) is 132 cm³/mol. The van der Waals surface area contributed by atoms with Gasteiger partial charge in [0.1, 0.15) is 11.9 Å². The van der Waals surface area contributed by atoms with Crippen LogP contribution in [0.25, 0.3) is 11.3 Å². The van der Waals surface area contributed by atoms with Gasteiger partial charge in [0.25, 0.3) is 6.01 Å². The minimum Gasteiger partial charge on any atom is -0.424 e. The monoisotopic (exact) mass is 458 g/mol. The van der Waals surface area contributed by atoms with Gasteiger partial charge in [0.05, 0.1) is 11.8 Å². The Morgan fingerprint density at radius 3 is 2.76 bits per heavy atom. The van der Waals surface area contributed by atoms with Gasteiger partial charge in [0, 0.05) is 30.4 Å². The van der Waals surface area contributed by atoms with Crippen LogP contribution < -0.4 is 10.2 Å². The fourth-order valence-electron chi connectivity index (χ4n) is 5.63. The van der Waals surface area contributed by atoms with E-state index in [0.29, 0.717) is 23.9 Å². The van der Waals surface area contributed by atoms with E-state index in [-0.39, 0.29) is 5.56 Å². The van der Waals surface area contributed by atoms with Crippen molar-refractivity contribution in [2.75, 3.05) is 23.3 Å². The van der Waals surface area contributed by atoms with Gasteiger partial charge in [-0.25, -0.2) is 9.37 Å². The molecule has 1 aliphatic carbocycles. The van der Waals surface area contributed by atoms with Crippen molar-refractivity contribution < 1.29 is 8.81 Å². The number of benzene rings is 2. The first-order chi connectivity index (χ1) is 16.7. The largest absolute Gasteiger partial charge is 0.424 e. The Labute approximate surface area is 200 Å². The summed E-state index contributed by atoms with van der Waals surface area (Å²) in [4.78, 5) is 6.78. The Morgan fingerprint density at radius 2 is 1.94 bits per heavy atom. The van der Waals surface area contributed by atoms with E-state index in [4.69, 9.17) is 9.68 Å². The third-order valence-electron chi connectivity index (χ3n) is 7.38. The van der Waals surface area contributed by atoms with Gasteiger partial charge >= 0.3 is 0 Å². The molecule has 2 aliphatic rings. The summed E-state index contributed by atoms with van der Waals surface area (Å²) in [6, 6.07) is 17.9. The highest BCUT2D eigenvalue weighted by Crippen LogP contribution is 2.36. The zero-order valence-corrected chi connectivity index (χ0v) is 19.4. The molecule has 0 spiro atoms. The number of nitrogens with one attached hydrogen (secondary N) is 1. The second kappa shape index (κ2) is 10.3. The number of hydrogen-bond acceptors (Lipinski definition) is 5. The molecule has 0 bridgehead atoms. The van der Waals surface area contributed by atoms with Crippen molar-refractivity contribution in [3.63, 3.8) is 0 Å². The molecule has 2 heterocycles.